The fourth-order valence-electron chi connectivity index (χ4n) is 6.53. The number of fused-ring (bicyclic) bond motifs is 1. The van der Waals surface area contributed by atoms with E-state index in [1.54, 1.807) is 10.6 Å². The highest BCUT2D eigenvalue weighted by atomic mass is 19.3. The number of methoxy groups -OCH3 is 1. The van der Waals surface area contributed by atoms with Crippen LogP contribution in [0.3, 0.4) is 0 Å². The molecule has 45 heavy (non-hydrogen) atoms. The summed E-state index contributed by atoms with van der Waals surface area (Å²) in [6, 6.07) is 2.44. The standard InChI is InChI=1S/C30H35F3N8O4/c1-44-27-20(26(42)38-22-15-40(14-21(22)31)28(43)45-29(4-5-29)19-2-3-19)10-17(12-35-27)23-11-18(24-25(34)36-16-37-41(23)24)13-39-8-6-30(32,33)7-9-39/h10-12,16,19,21-22H,2-9,13-15H2,1H3,(H,38,42)(H2,34,36,37)/t21-,22+/m0/s1. The average Bonchev–Trinajstić information content (AvgIpc) is 3.94. The Morgan fingerprint density at radius 1 is 1.11 bits per heavy atom. The van der Waals surface area contributed by atoms with Crippen molar-refractivity contribution >= 4 is 23.3 Å². The quantitative estimate of drug-likeness (QED) is 0.384. The number of pyridine rings is 1. The molecule has 0 bridgehead atoms. The number of ether oxygens (including phenoxy) is 2. The summed E-state index contributed by atoms with van der Waals surface area (Å²) < 4.78 is 55.3. The molecule has 0 spiro atoms. The summed E-state index contributed by atoms with van der Waals surface area (Å²) in [4.78, 5) is 38.0. The molecule has 0 aromatic carbocycles. The number of piperidine rings is 1. The van der Waals surface area contributed by atoms with Crippen molar-refractivity contribution in [3.63, 3.8) is 0 Å². The smallest absolute Gasteiger partial charge is 0.410 e. The number of anilines is 1. The van der Waals surface area contributed by atoms with Gasteiger partial charge in [-0.3, -0.25) is 9.69 Å². The monoisotopic (exact) mass is 628 g/mol. The first-order valence-electron chi connectivity index (χ1n) is 15.2. The van der Waals surface area contributed by atoms with E-state index < -0.39 is 30.1 Å². The van der Waals surface area contributed by atoms with Crippen molar-refractivity contribution in [3.8, 4) is 17.1 Å². The summed E-state index contributed by atoms with van der Waals surface area (Å²) in [7, 11) is 1.37. The molecule has 2 amide bonds. The molecule has 240 valence electrons. The minimum atomic E-state index is -2.67. The molecule has 3 aromatic heterocycles. The summed E-state index contributed by atoms with van der Waals surface area (Å²) in [5, 5.41) is 7.07. The molecule has 5 heterocycles. The predicted octanol–water partition coefficient (Wildman–Crippen LogP) is 3.44. The van der Waals surface area contributed by atoms with Crippen LogP contribution in [0.5, 0.6) is 5.88 Å². The second kappa shape index (κ2) is 11.0. The van der Waals surface area contributed by atoms with Gasteiger partial charge in [-0.1, -0.05) is 0 Å². The molecule has 7 rings (SSSR count). The first-order valence-corrected chi connectivity index (χ1v) is 15.2. The van der Waals surface area contributed by atoms with Gasteiger partial charge in [-0.2, -0.15) is 5.10 Å². The number of rotatable bonds is 8. The van der Waals surface area contributed by atoms with E-state index in [1.165, 1.54) is 24.5 Å². The number of halogens is 3. The number of aromatic nitrogens is 4. The van der Waals surface area contributed by atoms with E-state index in [0.717, 1.165) is 31.2 Å². The van der Waals surface area contributed by atoms with Gasteiger partial charge in [0, 0.05) is 50.8 Å². The van der Waals surface area contributed by atoms with Crippen LogP contribution < -0.4 is 15.8 Å². The lowest BCUT2D eigenvalue weighted by Gasteiger charge is -2.31. The van der Waals surface area contributed by atoms with Crippen LogP contribution in [0, 0.1) is 5.92 Å². The predicted molar refractivity (Wildman–Crippen MR) is 156 cm³/mol. The summed E-state index contributed by atoms with van der Waals surface area (Å²) in [5.74, 6) is -2.63. The molecule has 0 radical (unpaired) electrons. The number of likely N-dealkylation sites (tertiary alicyclic amines) is 2. The van der Waals surface area contributed by atoms with E-state index in [0.29, 0.717) is 29.2 Å². The molecule has 2 saturated carbocycles. The molecule has 12 nitrogen and oxygen atoms in total. The second-order valence-corrected chi connectivity index (χ2v) is 12.6. The summed E-state index contributed by atoms with van der Waals surface area (Å²) in [6.45, 7) is 0.625. The Morgan fingerprint density at radius 2 is 1.87 bits per heavy atom. The van der Waals surface area contributed by atoms with Gasteiger partial charge in [-0.25, -0.2) is 32.4 Å². The molecule has 2 aliphatic carbocycles. The maximum absolute atomic E-state index is 15.1. The van der Waals surface area contributed by atoms with Gasteiger partial charge in [0.1, 0.15) is 29.2 Å². The molecule has 2 saturated heterocycles. The summed E-state index contributed by atoms with van der Waals surface area (Å²) >= 11 is 0. The number of amides is 2. The number of nitrogen functional groups attached to an aromatic ring is 1. The molecular formula is C30H35F3N8O4. The zero-order chi connectivity index (χ0) is 31.5. The van der Waals surface area contributed by atoms with Crippen LogP contribution in [0.4, 0.5) is 23.8 Å². The number of nitrogens with one attached hydrogen (secondary N) is 1. The summed E-state index contributed by atoms with van der Waals surface area (Å²) in [6.07, 6.45) is 4.12. The van der Waals surface area contributed by atoms with E-state index in [-0.39, 0.29) is 61.9 Å². The molecular weight excluding hydrogens is 593 g/mol. The molecule has 3 N–H and O–H groups in total. The summed E-state index contributed by atoms with van der Waals surface area (Å²) in [5.41, 5.74) is 8.21. The number of alkyl halides is 3. The van der Waals surface area contributed by atoms with Crippen LogP contribution in [0.25, 0.3) is 16.8 Å². The Balaban J connectivity index is 1.10. The van der Waals surface area contributed by atoms with Gasteiger partial charge in [0.25, 0.3) is 11.8 Å². The highest BCUT2D eigenvalue weighted by Crippen LogP contribution is 2.56. The van der Waals surface area contributed by atoms with Gasteiger partial charge in [0.2, 0.25) is 5.88 Å². The lowest BCUT2D eigenvalue weighted by atomic mass is 10.1. The maximum atomic E-state index is 15.1. The molecule has 2 atom stereocenters. The maximum Gasteiger partial charge on any atom is 0.410 e. The van der Waals surface area contributed by atoms with E-state index in [1.807, 2.05) is 11.0 Å². The van der Waals surface area contributed by atoms with Crippen LogP contribution >= 0.6 is 0 Å². The third-order valence-corrected chi connectivity index (χ3v) is 9.41. The van der Waals surface area contributed by atoms with E-state index in [2.05, 4.69) is 20.4 Å². The fourth-order valence-corrected chi connectivity index (χ4v) is 6.53. The lowest BCUT2D eigenvalue weighted by Crippen LogP contribution is -2.42. The molecule has 15 heteroatoms. The third kappa shape index (κ3) is 5.73. The molecule has 4 aliphatic rings. The number of nitrogens with two attached hydrogens (primary N) is 1. The van der Waals surface area contributed by atoms with Crippen molar-refractivity contribution in [1.29, 1.82) is 0 Å². The van der Waals surface area contributed by atoms with Gasteiger partial charge in [-0.05, 0) is 49.3 Å². The fraction of sp³-hybridized carbons (Fsp3) is 0.567. The van der Waals surface area contributed by atoms with Crippen molar-refractivity contribution in [2.45, 2.75) is 68.8 Å². The highest BCUT2D eigenvalue weighted by molar-refractivity contribution is 5.98. The topological polar surface area (TPSA) is 140 Å². The average molecular weight is 629 g/mol. The number of carbonyl (C=O) groups is 2. The van der Waals surface area contributed by atoms with Crippen molar-refractivity contribution in [2.75, 3.05) is 39.0 Å². The van der Waals surface area contributed by atoms with Crippen molar-refractivity contribution in [1.82, 2.24) is 34.7 Å². The first-order chi connectivity index (χ1) is 21.6. The Bertz CT molecular complexity index is 1630. The molecule has 2 aliphatic heterocycles. The SMILES string of the molecule is COc1ncc(-c2cc(CN3CCC(F)(F)CC3)c3c(N)ncnn23)cc1C(=O)N[C@@H]1CN(C(=O)OC2(C3CC3)CC2)C[C@@H]1F. The minimum Gasteiger partial charge on any atom is -0.480 e. The van der Waals surface area contributed by atoms with Crippen molar-refractivity contribution < 1.29 is 32.2 Å². The van der Waals surface area contributed by atoms with E-state index in [9.17, 15) is 18.4 Å². The molecule has 0 unspecified atom stereocenters. The second-order valence-electron chi connectivity index (χ2n) is 12.6. The van der Waals surface area contributed by atoms with Crippen molar-refractivity contribution in [3.05, 3.63) is 35.8 Å². The lowest BCUT2D eigenvalue weighted by molar-refractivity contribution is -0.0565. The van der Waals surface area contributed by atoms with Crippen LogP contribution in [-0.4, -0.2) is 98.4 Å². The van der Waals surface area contributed by atoms with Gasteiger partial charge in [0.05, 0.1) is 25.4 Å². The van der Waals surface area contributed by atoms with Gasteiger partial charge >= 0.3 is 6.09 Å². The zero-order valence-corrected chi connectivity index (χ0v) is 24.8. The normalized spacial score (nSPS) is 24.0. The van der Waals surface area contributed by atoms with Gasteiger partial charge in [0.15, 0.2) is 5.82 Å². The van der Waals surface area contributed by atoms with Gasteiger partial charge < -0.3 is 25.4 Å². The highest BCUT2D eigenvalue weighted by Gasteiger charge is 2.58. The Morgan fingerprint density at radius 3 is 2.56 bits per heavy atom. The number of carbonyl (C=O) groups excluding carboxylic acids is 2. The molecule has 3 aromatic rings. The first kappa shape index (κ1) is 29.6. The van der Waals surface area contributed by atoms with Crippen LogP contribution in [0.2, 0.25) is 0 Å². The van der Waals surface area contributed by atoms with E-state index >= 15 is 4.39 Å². The number of nitrogens with zero attached hydrogens (tertiary/aromatic N) is 6. The minimum absolute atomic E-state index is 0.0206. The van der Waals surface area contributed by atoms with E-state index in [4.69, 9.17) is 15.2 Å². The third-order valence-electron chi connectivity index (χ3n) is 9.41. The number of hydrogen-bond acceptors (Lipinski definition) is 9. The number of hydrogen-bond donors (Lipinski definition) is 2. The van der Waals surface area contributed by atoms with Crippen LogP contribution in [0.1, 0.15) is 54.4 Å². The van der Waals surface area contributed by atoms with Gasteiger partial charge in [-0.15, -0.1) is 0 Å². The Hall–Kier alpha value is -4.14. The van der Waals surface area contributed by atoms with Crippen LogP contribution in [0.15, 0.2) is 24.7 Å². The van der Waals surface area contributed by atoms with Crippen molar-refractivity contribution in [2.24, 2.45) is 5.92 Å². The Kier molecular flexibility index (Phi) is 7.25. The van der Waals surface area contributed by atoms with Crippen LogP contribution in [-0.2, 0) is 11.3 Å². The largest absolute Gasteiger partial charge is 0.480 e. The zero-order valence-electron chi connectivity index (χ0n) is 24.8. The Labute approximate surface area is 257 Å². The molecule has 4 fully saturated rings.